The molecule has 1 unspecified atom stereocenters. The van der Waals surface area contributed by atoms with Crippen LogP contribution in [0.3, 0.4) is 0 Å². The number of fused-ring (bicyclic) bond motifs is 2. The molecule has 1 aromatic heterocycles. The minimum atomic E-state index is -0.658. The van der Waals surface area contributed by atoms with Crippen molar-refractivity contribution >= 4 is 62.2 Å². The van der Waals surface area contributed by atoms with Gasteiger partial charge in [-0.25, -0.2) is 4.79 Å². The monoisotopic (exact) mass is 556 g/mol. The summed E-state index contributed by atoms with van der Waals surface area (Å²) in [6.07, 6.45) is 0. The predicted octanol–water partition coefficient (Wildman–Crippen LogP) is 7.31. The number of thiophene rings is 1. The van der Waals surface area contributed by atoms with E-state index in [2.05, 4.69) is 6.07 Å². The van der Waals surface area contributed by atoms with E-state index in [1.165, 1.54) is 0 Å². The lowest BCUT2D eigenvalue weighted by Gasteiger charge is -2.27. The van der Waals surface area contributed by atoms with Crippen molar-refractivity contribution in [3.8, 4) is 23.3 Å². The maximum Gasteiger partial charge on any atom is 0.355 e. The average Bonchev–Trinajstić information content (AvgIpc) is 3.19. The van der Waals surface area contributed by atoms with Crippen molar-refractivity contribution in [1.29, 1.82) is 5.26 Å². The van der Waals surface area contributed by atoms with Crippen molar-refractivity contribution in [2.45, 2.75) is 5.92 Å². The quantitative estimate of drug-likeness (QED) is 0.209. The number of carbonyl (C=O) groups is 1. The highest BCUT2D eigenvalue weighted by Crippen LogP contribution is 2.45. The summed E-state index contributed by atoms with van der Waals surface area (Å²) in [6, 6.07) is 17.6. The van der Waals surface area contributed by atoms with Gasteiger partial charge >= 0.3 is 5.97 Å². The highest BCUT2D eigenvalue weighted by molar-refractivity contribution is 7.21. The lowest BCUT2D eigenvalue weighted by Crippen LogP contribution is -2.21. The Hall–Kier alpha value is -3.41. The molecule has 36 heavy (non-hydrogen) atoms. The summed E-state index contributed by atoms with van der Waals surface area (Å²) in [6.45, 7) is 0. The molecule has 0 aliphatic carbocycles. The van der Waals surface area contributed by atoms with E-state index in [4.69, 9.17) is 54.7 Å². The second kappa shape index (κ2) is 9.57. The van der Waals surface area contributed by atoms with E-state index in [1.807, 2.05) is 24.3 Å². The molecular formula is C26H15Cl3N2O4S. The molecular weight excluding hydrogens is 543 g/mol. The van der Waals surface area contributed by atoms with Crippen LogP contribution >= 0.6 is 46.1 Å². The number of carbonyl (C=O) groups excluding carboxylic acids is 1. The van der Waals surface area contributed by atoms with Gasteiger partial charge in [-0.15, -0.1) is 11.3 Å². The second-order valence-corrected chi connectivity index (χ2v) is 10.1. The molecule has 6 nitrogen and oxygen atoms in total. The van der Waals surface area contributed by atoms with Gasteiger partial charge in [0.2, 0.25) is 5.88 Å². The molecule has 0 spiro atoms. The van der Waals surface area contributed by atoms with E-state index in [0.29, 0.717) is 37.2 Å². The standard InChI is InChI=1S/C26H15Cl3N2O4S/c1-33-14-4-2-3-12(7-14)21-16-6-5-15(10-19(16)35-25(31)17(21)11-30)34-26(32)24-23(29)22-18(28)8-13(27)9-20(22)36-24/h2-10,21H,31H2,1H3. The Bertz CT molecular complexity index is 1620. The highest BCUT2D eigenvalue weighted by Gasteiger charge is 2.31. The van der Waals surface area contributed by atoms with Gasteiger partial charge in [-0.3, -0.25) is 0 Å². The molecule has 0 bridgehead atoms. The molecule has 0 radical (unpaired) electrons. The fourth-order valence-electron chi connectivity index (χ4n) is 4.06. The number of esters is 1. The van der Waals surface area contributed by atoms with Gasteiger partial charge in [0.25, 0.3) is 0 Å². The maximum atomic E-state index is 13.0. The summed E-state index contributed by atoms with van der Waals surface area (Å²) < 4.78 is 17.3. The molecule has 0 fully saturated rings. The molecule has 10 heteroatoms. The largest absolute Gasteiger partial charge is 0.497 e. The number of rotatable bonds is 4. The Morgan fingerprint density at radius 1 is 1.11 bits per heavy atom. The number of hydrogen-bond donors (Lipinski definition) is 1. The SMILES string of the molecule is COc1cccc(C2C(C#N)=C(N)Oc3cc(OC(=O)c4sc5cc(Cl)cc(Cl)c5c4Cl)ccc32)c1. The Morgan fingerprint density at radius 3 is 2.67 bits per heavy atom. The van der Waals surface area contributed by atoms with E-state index in [-0.39, 0.29) is 27.1 Å². The topological polar surface area (TPSA) is 94.6 Å². The molecule has 0 saturated heterocycles. The smallest absolute Gasteiger partial charge is 0.355 e. The molecule has 1 atom stereocenters. The van der Waals surface area contributed by atoms with E-state index < -0.39 is 11.9 Å². The first-order valence-corrected chi connectivity index (χ1v) is 12.4. The van der Waals surface area contributed by atoms with E-state index in [9.17, 15) is 10.1 Å². The van der Waals surface area contributed by atoms with Gasteiger partial charge in [-0.05, 0) is 35.9 Å². The molecule has 1 aliphatic rings. The average molecular weight is 558 g/mol. The van der Waals surface area contributed by atoms with Crippen molar-refractivity contribution in [3.05, 3.63) is 97.1 Å². The minimum Gasteiger partial charge on any atom is -0.497 e. The van der Waals surface area contributed by atoms with E-state index >= 15 is 0 Å². The van der Waals surface area contributed by atoms with Crippen molar-refractivity contribution in [1.82, 2.24) is 0 Å². The first-order valence-electron chi connectivity index (χ1n) is 10.5. The van der Waals surface area contributed by atoms with Crippen molar-refractivity contribution in [3.63, 3.8) is 0 Å². The normalized spacial score (nSPS) is 14.7. The molecule has 5 rings (SSSR count). The summed E-state index contributed by atoms with van der Waals surface area (Å²) in [5, 5.41) is 11.3. The zero-order valence-corrected chi connectivity index (χ0v) is 21.6. The summed E-state index contributed by atoms with van der Waals surface area (Å²) in [7, 11) is 1.57. The number of methoxy groups -OCH3 is 1. The molecule has 2 N–H and O–H groups in total. The van der Waals surface area contributed by atoms with Crippen LogP contribution in [0.15, 0.2) is 66.1 Å². The molecule has 2 heterocycles. The summed E-state index contributed by atoms with van der Waals surface area (Å²) in [5.74, 6) is 0.0528. The van der Waals surface area contributed by atoms with Gasteiger partial charge in [0.1, 0.15) is 33.8 Å². The summed E-state index contributed by atoms with van der Waals surface area (Å²) in [5.41, 5.74) is 7.85. The van der Waals surface area contributed by atoms with Gasteiger partial charge in [0, 0.05) is 26.7 Å². The van der Waals surface area contributed by atoms with Crippen LogP contribution in [0, 0.1) is 11.3 Å². The number of ether oxygens (including phenoxy) is 3. The molecule has 3 aromatic carbocycles. The summed E-state index contributed by atoms with van der Waals surface area (Å²) >= 11 is 19.9. The lowest BCUT2D eigenvalue weighted by molar-refractivity contribution is 0.0740. The van der Waals surface area contributed by atoms with Crippen LogP contribution in [0.4, 0.5) is 0 Å². The minimum absolute atomic E-state index is 0.0274. The lowest BCUT2D eigenvalue weighted by atomic mass is 9.83. The van der Waals surface area contributed by atoms with E-state index in [0.717, 1.165) is 16.9 Å². The fourth-order valence-corrected chi connectivity index (χ4v) is 6.31. The maximum absolute atomic E-state index is 13.0. The van der Waals surface area contributed by atoms with Gasteiger partial charge in [0.15, 0.2) is 0 Å². The van der Waals surface area contributed by atoms with Gasteiger partial charge < -0.3 is 19.9 Å². The van der Waals surface area contributed by atoms with Gasteiger partial charge in [0.05, 0.1) is 23.1 Å². The van der Waals surface area contributed by atoms with Crippen LogP contribution in [0.1, 0.15) is 26.7 Å². The van der Waals surface area contributed by atoms with Crippen LogP contribution < -0.4 is 19.9 Å². The van der Waals surface area contributed by atoms with Crippen LogP contribution in [0.5, 0.6) is 17.2 Å². The summed E-state index contributed by atoms with van der Waals surface area (Å²) in [4.78, 5) is 13.2. The van der Waals surface area contributed by atoms with Crippen LogP contribution in [0.2, 0.25) is 15.1 Å². The number of halogens is 3. The first kappa shape index (κ1) is 24.3. The predicted molar refractivity (Wildman–Crippen MR) is 141 cm³/mol. The van der Waals surface area contributed by atoms with Crippen molar-refractivity contribution < 1.29 is 19.0 Å². The van der Waals surface area contributed by atoms with Crippen LogP contribution in [0.25, 0.3) is 10.1 Å². The van der Waals surface area contributed by atoms with Crippen molar-refractivity contribution in [2.75, 3.05) is 7.11 Å². The first-order chi connectivity index (χ1) is 17.3. The van der Waals surface area contributed by atoms with E-state index in [1.54, 1.807) is 37.4 Å². The Balaban J connectivity index is 1.50. The zero-order valence-electron chi connectivity index (χ0n) is 18.5. The number of nitrogens with two attached hydrogens (primary N) is 1. The van der Waals surface area contributed by atoms with Crippen molar-refractivity contribution in [2.24, 2.45) is 5.73 Å². The Morgan fingerprint density at radius 2 is 1.92 bits per heavy atom. The third kappa shape index (κ3) is 4.23. The van der Waals surface area contributed by atoms with Crippen LogP contribution in [-0.4, -0.2) is 13.1 Å². The molecule has 0 amide bonds. The Kier molecular flexibility index (Phi) is 6.45. The number of hydrogen-bond acceptors (Lipinski definition) is 7. The molecule has 4 aromatic rings. The second-order valence-electron chi connectivity index (χ2n) is 7.80. The zero-order chi connectivity index (χ0) is 25.6. The number of allylic oxidation sites excluding steroid dienone is 1. The van der Waals surface area contributed by atoms with Crippen LogP contribution in [-0.2, 0) is 0 Å². The van der Waals surface area contributed by atoms with Gasteiger partial charge in [-0.1, -0.05) is 53.0 Å². The molecule has 1 aliphatic heterocycles. The fraction of sp³-hybridized carbons (Fsp3) is 0.0769. The third-order valence-corrected chi connectivity index (χ3v) is 7.79. The Labute approximate surface area is 225 Å². The highest BCUT2D eigenvalue weighted by atomic mass is 35.5. The number of benzene rings is 3. The number of nitrogens with zero attached hydrogens (tertiary/aromatic N) is 1. The molecule has 0 saturated carbocycles. The van der Waals surface area contributed by atoms with Gasteiger partial charge in [-0.2, -0.15) is 5.26 Å². The number of nitriles is 1. The molecule has 180 valence electrons. The third-order valence-electron chi connectivity index (χ3n) is 5.66.